The molecule has 1 aromatic carbocycles. The van der Waals surface area contributed by atoms with Crippen LogP contribution in [0, 0.1) is 18.8 Å². The van der Waals surface area contributed by atoms with Gasteiger partial charge in [0, 0.05) is 37.3 Å². The zero-order chi connectivity index (χ0) is 14.5. The van der Waals surface area contributed by atoms with Gasteiger partial charge in [0.2, 0.25) is 5.91 Å². The number of hydrogen-bond acceptors (Lipinski definition) is 3. The summed E-state index contributed by atoms with van der Waals surface area (Å²) < 4.78 is 0. The number of nitrogens with zero attached hydrogens (tertiary/aromatic N) is 2. The molecule has 0 saturated carbocycles. The van der Waals surface area contributed by atoms with Gasteiger partial charge in [-0.15, -0.1) is 0 Å². The summed E-state index contributed by atoms with van der Waals surface area (Å²) in [4.78, 5) is 16.0. The first-order valence-electron chi connectivity index (χ1n) is 6.86. The minimum absolute atomic E-state index is 0.398. The van der Waals surface area contributed by atoms with E-state index in [2.05, 4.69) is 28.7 Å². The average molecular weight is 271 g/mol. The van der Waals surface area contributed by atoms with Crippen LogP contribution in [-0.4, -0.2) is 55.5 Å². The summed E-state index contributed by atoms with van der Waals surface area (Å²) in [5.41, 5.74) is 7.63. The van der Waals surface area contributed by atoms with Crippen molar-refractivity contribution in [2.24, 2.45) is 5.73 Å². The molecule has 0 bridgehead atoms. The van der Waals surface area contributed by atoms with E-state index in [1.165, 1.54) is 0 Å². The van der Waals surface area contributed by atoms with Crippen molar-refractivity contribution in [3.05, 3.63) is 34.9 Å². The van der Waals surface area contributed by atoms with Gasteiger partial charge in [-0.1, -0.05) is 17.9 Å². The van der Waals surface area contributed by atoms with E-state index in [0.717, 1.165) is 43.9 Å². The minimum Gasteiger partial charge on any atom is -0.366 e. The van der Waals surface area contributed by atoms with Crippen molar-refractivity contribution in [2.45, 2.75) is 6.92 Å². The third kappa shape index (κ3) is 3.83. The van der Waals surface area contributed by atoms with Crippen LogP contribution < -0.4 is 5.73 Å². The van der Waals surface area contributed by atoms with Gasteiger partial charge in [0.1, 0.15) is 0 Å². The fourth-order valence-electron chi connectivity index (χ4n) is 2.22. The number of amides is 1. The highest BCUT2D eigenvalue weighted by molar-refractivity contribution is 5.94. The normalized spacial score (nSPS) is 16.5. The third-order valence-electron chi connectivity index (χ3n) is 3.63. The second kappa shape index (κ2) is 6.56. The molecule has 4 heteroatoms. The molecule has 2 rings (SSSR count). The summed E-state index contributed by atoms with van der Waals surface area (Å²) in [5, 5.41) is 0. The van der Waals surface area contributed by atoms with Gasteiger partial charge >= 0.3 is 0 Å². The molecule has 0 aliphatic carbocycles. The van der Waals surface area contributed by atoms with Gasteiger partial charge in [-0.25, -0.2) is 0 Å². The number of carbonyl (C=O) groups is 1. The van der Waals surface area contributed by atoms with E-state index >= 15 is 0 Å². The van der Waals surface area contributed by atoms with Crippen LogP contribution in [0.5, 0.6) is 0 Å². The molecule has 1 aliphatic heterocycles. The Morgan fingerprint density at radius 2 is 2.00 bits per heavy atom. The fourth-order valence-corrected chi connectivity index (χ4v) is 2.22. The number of nitrogens with two attached hydrogens (primary N) is 1. The van der Waals surface area contributed by atoms with Crippen LogP contribution >= 0.6 is 0 Å². The minimum atomic E-state index is -0.398. The third-order valence-corrected chi connectivity index (χ3v) is 3.63. The molecule has 0 radical (unpaired) electrons. The zero-order valence-electron chi connectivity index (χ0n) is 12.1. The maximum absolute atomic E-state index is 11.3. The maximum atomic E-state index is 11.3. The summed E-state index contributed by atoms with van der Waals surface area (Å²) in [5.74, 6) is 5.89. The van der Waals surface area contributed by atoms with Gasteiger partial charge in [0.25, 0.3) is 0 Å². The van der Waals surface area contributed by atoms with E-state index < -0.39 is 5.91 Å². The maximum Gasteiger partial charge on any atom is 0.249 e. The van der Waals surface area contributed by atoms with Gasteiger partial charge in [-0.2, -0.15) is 0 Å². The highest BCUT2D eigenvalue weighted by Crippen LogP contribution is 2.09. The van der Waals surface area contributed by atoms with Crippen molar-refractivity contribution >= 4 is 5.91 Å². The first-order valence-corrected chi connectivity index (χ1v) is 6.86. The lowest BCUT2D eigenvalue weighted by Crippen LogP contribution is -2.44. The van der Waals surface area contributed by atoms with Crippen molar-refractivity contribution < 1.29 is 4.79 Å². The Morgan fingerprint density at radius 3 is 2.65 bits per heavy atom. The largest absolute Gasteiger partial charge is 0.366 e. The lowest BCUT2D eigenvalue weighted by molar-refractivity contribution is 0.0999. The number of benzene rings is 1. The monoisotopic (exact) mass is 271 g/mol. The molecule has 0 aromatic heterocycles. The lowest BCUT2D eigenvalue weighted by Gasteiger charge is -2.30. The van der Waals surface area contributed by atoms with Gasteiger partial charge < -0.3 is 10.6 Å². The molecular formula is C16H21N3O. The molecule has 1 aromatic rings. The molecule has 20 heavy (non-hydrogen) atoms. The molecule has 0 unspecified atom stereocenters. The standard InChI is InChI=1S/C16H21N3O/c1-13-5-6-14(12-15(13)16(17)20)4-3-7-19-10-8-18(2)9-11-19/h5-6,12H,7-11H2,1-2H3,(H2,17,20). The van der Waals surface area contributed by atoms with Gasteiger partial charge in [-0.05, 0) is 31.7 Å². The summed E-state index contributed by atoms with van der Waals surface area (Å²) in [7, 11) is 2.14. The molecule has 4 nitrogen and oxygen atoms in total. The Labute approximate surface area is 120 Å². The number of primary amides is 1. The van der Waals surface area contributed by atoms with Crippen LogP contribution in [0.2, 0.25) is 0 Å². The van der Waals surface area contributed by atoms with Crippen molar-refractivity contribution in [1.82, 2.24) is 9.80 Å². The van der Waals surface area contributed by atoms with Crippen LogP contribution in [0.4, 0.5) is 0 Å². The second-order valence-corrected chi connectivity index (χ2v) is 5.28. The van der Waals surface area contributed by atoms with Crippen LogP contribution in [0.15, 0.2) is 18.2 Å². The average Bonchev–Trinajstić information content (AvgIpc) is 2.42. The lowest BCUT2D eigenvalue weighted by atomic mass is 10.0. The number of rotatable bonds is 2. The molecule has 1 aliphatic rings. The predicted octanol–water partition coefficient (Wildman–Crippen LogP) is 0.693. The Balaban J connectivity index is 1.99. The first-order chi connectivity index (χ1) is 9.56. The van der Waals surface area contributed by atoms with E-state index in [1.54, 1.807) is 6.07 Å². The number of hydrogen-bond donors (Lipinski definition) is 1. The van der Waals surface area contributed by atoms with Crippen molar-refractivity contribution in [3.8, 4) is 11.8 Å². The Hall–Kier alpha value is -1.83. The molecule has 106 valence electrons. The quantitative estimate of drug-likeness (QED) is 0.805. The zero-order valence-corrected chi connectivity index (χ0v) is 12.1. The van der Waals surface area contributed by atoms with Crippen LogP contribution in [0.3, 0.4) is 0 Å². The Bertz CT molecular complexity index is 549. The molecule has 0 atom stereocenters. The fraction of sp³-hybridized carbons (Fsp3) is 0.438. The van der Waals surface area contributed by atoms with Crippen molar-refractivity contribution in [1.29, 1.82) is 0 Å². The van der Waals surface area contributed by atoms with Crippen molar-refractivity contribution in [3.63, 3.8) is 0 Å². The summed E-state index contributed by atoms with van der Waals surface area (Å²) in [6.45, 7) is 6.96. The van der Waals surface area contributed by atoms with Crippen molar-refractivity contribution in [2.75, 3.05) is 39.8 Å². The van der Waals surface area contributed by atoms with Gasteiger partial charge in [0.05, 0.1) is 6.54 Å². The van der Waals surface area contributed by atoms with Crippen LogP contribution in [-0.2, 0) is 0 Å². The van der Waals surface area contributed by atoms with E-state index in [4.69, 9.17) is 5.73 Å². The molecule has 0 spiro atoms. The summed E-state index contributed by atoms with van der Waals surface area (Å²) in [6.07, 6.45) is 0. The van der Waals surface area contributed by atoms with E-state index in [0.29, 0.717) is 5.56 Å². The molecule has 2 N–H and O–H groups in total. The van der Waals surface area contributed by atoms with Gasteiger partial charge in [-0.3, -0.25) is 9.69 Å². The van der Waals surface area contributed by atoms with Gasteiger partial charge in [0.15, 0.2) is 0 Å². The Morgan fingerprint density at radius 1 is 1.30 bits per heavy atom. The van der Waals surface area contributed by atoms with E-state index in [-0.39, 0.29) is 0 Å². The molecule has 1 amide bonds. The predicted molar refractivity (Wildman–Crippen MR) is 80.5 cm³/mol. The van der Waals surface area contributed by atoms with Crippen LogP contribution in [0.1, 0.15) is 21.5 Å². The second-order valence-electron chi connectivity index (χ2n) is 5.28. The molecule has 1 saturated heterocycles. The van der Waals surface area contributed by atoms with E-state index in [9.17, 15) is 4.79 Å². The Kier molecular flexibility index (Phi) is 4.78. The molecule has 1 fully saturated rings. The highest BCUT2D eigenvalue weighted by atomic mass is 16.1. The number of likely N-dealkylation sites (N-methyl/N-ethyl adjacent to an activating group) is 1. The number of aryl methyl sites for hydroxylation is 1. The first kappa shape index (κ1) is 14.6. The van der Waals surface area contributed by atoms with E-state index in [1.807, 2.05) is 19.1 Å². The SMILES string of the molecule is Cc1ccc(C#CCN2CCN(C)CC2)cc1C(N)=O. The topological polar surface area (TPSA) is 49.6 Å². The molecular weight excluding hydrogens is 250 g/mol. The van der Waals surface area contributed by atoms with Crippen LogP contribution in [0.25, 0.3) is 0 Å². The number of piperazine rings is 1. The summed E-state index contributed by atoms with van der Waals surface area (Å²) in [6, 6.07) is 5.59. The highest BCUT2D eigenvalue weighted by Gasteiger charge is 2.11. The molecule has 1 heterocycles. The smallest absolute Gasteiger partial charge is 0.249 e. The number of carbonyl (C=O) groups excluding carboxylic acids is 1. The summed E-state index contributed by atoms with van der Waals surface area (Å²) >= 11 is 0.